The zero-order valence-corrected chi connectivity index (χ0v) is 23.4. The van der Waals surface area contributed by atoms with Crippen molar-refractivity contribution in [1.29, 1.82) is 0 Å². The molecule has 2 aromatic carbocycles. The molecule has 38 heavy (non-hydrogen) atoms. The molecule has 0 radical (unpaired) electrons. The second-order valence-corrected chi connectivity index (χ2v) is 9.13. The van der Waals surface area contributed by atoms with Crippen LogP contribution in [0.3, 0.4) is 0 Å². The Balaban J connectivity index is 1.70. The first-order valence-electron chi connectivity index (χ1n) is 11.5. The van der Waals surface area contributed by atoms with Crippen molar-refractivity contribution in [3.8, 4) is 23.0 Å². The van der Waals surface area contributed by atoms with Gasteiger partial charge in [-0.25, -0.2) is 9.59 Å². The Bertz CT molecular complexity index is 1250. The maximum atomic E-state index is 12.4. The molecule has 0 spiro atoms. The molecule has 2 atom stereocenters. The fraction of sp³-hybridized carbons (Fsp3) is 0.320. The molecule has 204 valence electrons. The second kappa shape index (κ2) is 13.2. The smallest absolute Gasteiger partial charge is 0.337 e. The number of methoxy groups -OCH3 is 2. The summed E-state index contributed by atoms with van der Waals surface area (Å²) < 4.78 is 22.0. The van der Waals surface area contributed by atoms with E-state index in [1.807, 2.05) is 22.6 Å². The lowest BCUT2D eigenvalue weighted by Crippen LogP contribution is -2.45. The molecule has 1 aliphatic heterocycles. The summed E-state index contributed by atoms with van der Waals surface area (Å²) in [5, 5.41) is 29.5. The van der Waals surface area contributed by atoms with Crippen molar-refractivity contribution in [3.63, 3.8) is 0 Å². The number of phenols is 1. The number of hydrazone groups is 1. The third-order valence-corrected chi connectivity index (χ3v) is 6.20. The summed E-state index contributed by atoms with van der Waals surface area (Å²) in [6.45, 7) is 3.59. The molecule has 3 rings (SSSR count). The number of carbonyl (C=O) groups excluding carboxylic acids is 2. The molecule has 2 aromatic rings. The number of aliphatic hydroxyl groups is 1. The van der Waals surface area contributed by atoms with Crippen LogP contribution < -0.4 is 30.3 Å². The van der Waals surface area contributed by atoms with Gasteiger partial charge in [-0.05, 0) is 71.8 Å². The molecule has 0 saturated carbocycles. The highest BCUT2D eigenvalue weighted by atomic mass is 127. The fourth-order valence-electron chi connectivity index (χ4n) is 3.64. The average Bonchev–Trinajstić information content (AvgIpc) is 2.89. The van der Waals surface area contributed by atoms with E-state index < -0.39 is 24.3 Å². The molecule has 0 aliphatic carbocycles. The number of amides is 2. The minimum atomic E-state index is -1.15. The van der Waals surface area contributed by atoms with Gasteiger partial charge >= 0.3 is 12.0 Å². The van der Waals surface area contributed by atoms with Gasteiger partial charge in [0.15, 0.2) is 29.2 Å². The molecule has 0 bridgehead atoms. The minimum Gasteiger partial charge on any atom is -0.504 e. The zero-order valence-electron chi connectivity index (χ0n) is 21.2. The Morgan fingerprint density at radius 3 is 2.66 bits per heavy atom. The highest BCUT2D eigenvalue weighted by Gasteiger charge is 2.32. The first-order chi connectivity index (χ1) is 18.2. The van der Waals surface area contributed by atoms with Crippen LogP contribution in [0.5, 0.6) is 23.0 Å². The zero-order chi connectivity index (χ0) is 27.8. The third kappa shape index (κ3) is 6.98. The van der Waals surface area contributed by atoms with Crippen molar-refractivity contribution in [3.05, 3.63) is 56.3 Å². The van der Waals surface area contributed by atoms with Crippen LogP contribution in [0.4, 0.5) is 4.79 Å². The summed E-state index contributed by atoms with van der Waals surface area (Å²) in [7, 11) is 2.72. The Kier molecular flexibility index (Phi) is 10.0. The first kappa shape index (κ1) is 28.8. The number of rotatable bonds is 11. The molecule has 5 N–H and O–H groups in total. The van der Waals surface area contributed by atoms with Gasteiger partial charge in [0, 0.05) is 5.70 Å². The van der Waals surface area contributed by atoms with Gasteiger partial charge in [-0.1, -0.05) is 6.07 Å². The Hall–Kier alpha value is -3.72. The molecular weight excluding hydrogens is 611 g/mol. The predicted octanol–water partition coefficient (Wildman–Crippen LogP) is 2.53. The monoisotopic (exact) mass is 640 g/mol. The normalized spacial score (nSPS) is 15.9. The van der Waals surface area contributed by atoms with Gasteiger partial charge in [0.2, 0.25) is 0 Å². The molecule has 2 amide bonds. The molecule has 0 unspecified atom stereocenters. The maximum absolute atomic E-state index is 12.4. The number of allylic oxidation sites excluding steroid dienone is 1. The number of ether oxygens (including phenoxy) is 4. The van der Waals surface area contributed by atoms with Crippen molar-refractivity contribution >= 4 is 40.8 Å². The lowest BCUT2D eigenvalue weighted by Gasteiger charge is -2.28. The van der Waals surface area contributed by atoms with E-state index in [-0.39, 0.29) is 17.9 Å². The Morgan fingerprint density at radius 2 is 1.97 bits per heavy atom. The van der Waals surface area contributed by atoms with Crippen molar-refractivity contribution in [2.24, 2.45) is 5.10 Å². The number of urea groups is 1. The van der Waals surface area contributed by atoms with Crippen LogP contribution in [0.25, 0.3) is 0 Å². The van der Waals surface area contributed by atoms with Crippen LogP contribution in [-0.2, 0) is 9.53 Å². The van der Waals surface area contributed by atoms with Gasteiger partial charge in [0.25, 0.3) is 0 Å². The highest BCUT2D eigenvalue weighted by Crippen LogP contribution is 2.35. The molecular formula is C25H29IN4O8. The standard InChI is InChI=1S/C25H29IN4O8/c1-5-37-18-10-15(22-21(24(33)36-4)13(2)28-25(34)29-22)6-7-17(18)38-12-20(31)30-27-11-14-8-16(26)23(32)19(9-14)35-3/h6-11,20,22,30-32H,5,12H2,1-4H3,(H2,28,29,34)/b27-11-/t20-,22+/m1/s1. The number of hydrogen-bond acceptors (Lipinski definition) is 10. The summed E-state index contributed by atoms with van der Waals surface area (Å²) in [4.78, 5) is 24.5. The van der Waals surface area contributed by atoms with E-state index in [4.69, 9.17) is 18.9 Å². The molecule has 13 heteroatoms. The molecule has 0 fully saturated rings. The van der Waals surface area contributed by atoms with Crippen LogP contribution in [0, 0.1) is 3.57 Å². The number of benzene rings is 2. The van der Waals surface area contributed by atoms with Gasteiger partial charge < -0.3 is 39.8 Å². The van der Waals surface area contributed by atoms with E-state index in [2.05, 4.69) is 21.2 Å². The molecule has 0 aromatic heterocycles. The van der Waals surface area contributed by atoms with Crippen molar-refractivity contribution < 1.29 is 38.7 Å². The second-order valence-electron chi connectivity index (χ2n) is 7.97. The summed E-state index contributed by atoms with van der Waals surface area (Å²) >= 11 is 1.98. The van der Waals surface area contributed by atoms with Gasteiger partial charge in [-0.3, -0.25) is 5.43 Å². The number of nitrogens with one attached hydrogen (secondary N) is 3. The number of carbonyl (C=O) groups is 2. The Labute approximate surface area is 233 Å². The van der Waals surface area contributed by atoms with Gasteiger partial charge in [0.1, 0.15) is 6.61 Å². The fourth-order valence-corrected chi connectivity index (χ4v) is 4.27. The number of hydrogen-bond donors (Lipinski definition) is 5. The average molecular weight is 640 g/mol. The topological polar surface area (TPSA) is 160 Å². The van der Waals surface area contributed by atoms with Crippen molar-refractivity contribution in [1.82, 2.24) is 16.1 Å². The van der Waals surface area contributed by atoms with E-state index in [1.54, 1.807) is 44.2 Å². The van der Waals surface area contributed by atoms with Crippen LogP contribution in [0.15, 0.2) is 46.7 Å². The van der Waals surface area contributed by atoms with E-state index >= 15 is 0 Å². The van der Waals surface area contributed by atoms with Gasteiger partial charge in [-0.2, -0.15) is 5.10 Å². The largest absolute Gasteiger partial charge is 0.504 e. The van der Waals surface area contributed by atoms with Crippen LogP contribution >= 0.6 is 22.6 Å². The van der Waals surface area contributed by atoms with Crippen LogP contribution in [-0.4, -0.2) is 62.1 Å². The Morgan fingerprint density at radius 1 is 1.21 bits per heavy atom. The van der Waals surface area contributed by atoms with Crippen LogP contribution in [0.2, 0.25) is 0 Å². The molecule has 1 aliphatic rings. The number of phenolic OH excluding ortho intramolecular Hbond substituents is 1. The number of aliphatic hydroxyl groups excluding tert-OH is 1. The lowest BCUT2D eigenvalue weighted by atomic mass is 9.95. The highest BCUT2D eigenvalue weighted by molar-refractivity contribution is 14.1. The van der Waals surface area contributed by atoms with Crippen LogP contribution in [0.1, 0.15) is 31.0 Å². The quantitative estimate of drug-likeness (QED) is 0.0818. The maximum Gasteiger partial charge on any atom is 0.337 e. The molecule has 1 heterocycles. The number of aromatic hydroxyl groups is 1. The first-order valence-corrected chi connectivity index (χ1v) is 12.6. The summed E-state index contributed by atoms with van der Waals surface area (Å²) in [6, 6.07) is 7.07. The number of halogens is 1. The van der Waals surface area contributed by atoms with Crippen molar-refractivity contribution in [2.75, 3.05) is 27.4 Å². The summed E-state index contributed by atoms with van der Waals surface area (Å²) in [6.07, 6.45) is 0.314. The molecule has 0 saturated heterocycles. The summed E-state index contributed by atoms with van der Waals surface area (Å²) in [5.74, 6) is 0.481. The third-order valence-electron chi connectivity index (χ3n) is 5.38. The molecule has 12 nitrogen and oxygen atoms in total. The van der Waals surface area contributed by atoms with E-state index in [0.717, 1.165) is 0 Å². The van der Waals surface area contributed by atoms with E-state index in [1.165, 1.54) is 20.4 Å². The van der Waals surface area contributed by atoms with Gasteiger partial charge in [0.05, 0.1) is 42.2 Å². The SMILES string of the molecule is CCOc1cc([C@@H]2NC(=O)NC(C)=C2C(=O)OC)ccc1OC[C@@H](O)N/N=C\c1cc(I)c(O)c(OC)c1. The minimum absolute atomic E-state index is 0.0398. The van der Waals surface area contributed by atoms with E-state index in [9.17, 15) is 19.8 Å². The summed E-state index contributed by atoms with van der Waals surface area (Å²) in [5.41, 5.74) is 4.45. The number of nitrogens with zero attached hydrogens (tertiary/aromatic N) is 1. The van der Waals surface area contributed by atoms with E-state index in [0.29, 0.717) is 44.2 Å². The number of esters is 1. The lowest BCUT2D eigenvalue weighted by molar-refractivity contribution is -0.136. The van der Waals surface area contributed by atoms with Gasteiger partial charge in [-0.15, -0.1) is 0 Å². The van der Waals surface area contributed by atoms with Crippen molar-refractivity contribution in [2.45, 2.75) is 26.1 Å². The predicted molar refractivity (Wildman–Crippen MR) is 146 cm³/mol.